The minimum atomic E-state index is -2.57. The van der Waals surface area contributed by atoms with E-state index >= 15 is 0 Å². The number of benzene rings is 3. The van der Waals surface area contributed by atoms with Gasteiger partial charge in [-0.05, 0) is 62.9 Å². The van der Waals surface area contributed by atoms with E-state index in [2.05, 4.69) is 64.1 Å². The molecule has 4 rings (SSSR count). The van der Waals surface area contributed by atoms with Crippen LogP contribution in [0.5, 0.6) is 0 Å². The number of rotatable bonds is 6. The number of carbonyl (C=O) groups excluding carboxylic acids is 1. The first-order valence-corrected chi connectivity index (χ1v) is 13.5. The van der Waals surface area contributed by atoms with E-state index in [1.165, 1.54) is 0 Å². The number of esters is 1. The van der Waals surface area contributed by atoms with Crippen molar-refractivity contribution < 1.29 is 18.8 Å². The molecule has 1 aliphatic rings. The summed E-state index contributed by atoms with van der Waals surface area (Å²) in [6, 6.07) is 28.6. The fraction of sp³-hybridized carbons (Fsp3) is 0.286. The lowest BCUT2D eigenvalue weighted by molar-refractivity contribution is -0.134. The van der Waals surface area contributed by atoms with E-state index in [0.29, 0.717) is 6.61 Å². The smallest absolute Gasteiger partial charge is 0.463 e. The van der Waals surface area contributed by atoms with Crippen molar-refractivity contribution in [1.29, 1.82) is 0 Å². The lowest BCUT2D eigenvalue weighted by Gasteiger charge is -2.32. The third kappa shape index (κ3) is 4.41. The van der Waals surface area contributed by atoms with E-state index in [4.69, 9.17) is 14.0 Å². The van der Waals surface area contributed by atoms with E-state index in [1.54, 1.807) is 5.80 Å². The van der Waals surface area contributed by atoms with Crippen molar-refractivity contribution >= 4 is 47.1 Å². The second-order valence-corrected chi connectivity index (χ2v) is 12.6. The fourth-order valence-corrected chi connectivity index (χ4v) is 8.16. The van der Waals surface area contributed by atoms with Crippen LogP contribution in [-0.2, 0) is 18.8 Å². The van der Waals surface area contributed by atoms with Gasteiger partial charge in [0.15, 0.2) is 0 Å². The molecule has 0 N–H and O–H groups in total. The summed E-state index contributed by atoms with van der Waals surface area (Å²) in [5.41, 5.74) is -0.0188. The number of carbonyl (C=O) groups is 1. The zero-order valence-corrected chi connectivity index (χ0v) is 21.4. The van der Waals surface area contributed by atoms with Crippen molar-refractivity contribution in [3.63, 3.8) is 0 Å². The largest absolute Gasteiger partial charge is 0.495 e. The summed E-state index contributed by atoms with van der Waals surface area (Å²) in [6.45, 7) is 7.78. The van der Waals surface area contributed by atoms with E-state index < -0.39 is 25.2 Å². The summed E-state index contributed by atoms with van der Waals surface area (Å²) >= 11 is 0. The highest BCUT2D eigenvalue weighted by Gasteiger charge is 2.52. The first-order valence-electron chi connectivity index (χ1n) is 11.7. The lowest BCUT2D eigenvalue weighted by Crippen LogP contribution is -2.46. The first-order chi connectivity index (χ1) is 16.2. The number of ether oxygens (including phenoxy) is 1. The molecule has 6 heteroatoms. The van der Waals surface area contributed by atoms with Gasteiger partial charge in [0.25, 0.3) is 0 Å². The van der Waals surface area contributed by atoms with Crippen LogP contribution in [0.15, 0.2) is 84.9 Å². The SMILES string of the molecule is CCOC(=O)C=P(c1ccccc1)(c1ccccc1)c1ccccc1B1OC(C)(C)C(C)(C)O1. The topological polar surface area (TPSA) is 44.8 Å². The van der Waals surface area contributed by atoms with Gasteiger partial charge < -0.3 is 14.0 Å². The van der Waals surface area contributed by atoms with Gasteiger partial charge in [0.05, 0.1) is 17.8 Å². The van der Waals surface area contributed by atoms with Gasteiger partial charge in [-0.1, -0.05) is 84.9 Å². The molecular weight excluding hydrogens is 442 g/mol. The quantitative estimate of drug-likeness (QED) is 0.311. The molecule has 0 aliphatic carbocycles. The molecule has 1 heterocycles. The predicted octanol–water partition coefficient (Wildman–Crippen LogP) is 3.65. The summed E-state index contributed by atoms with van der Waals surface area (Å²) in [6.07, 6.45) is 0. The minimum absolute atomic E-state index is 0.317. The fourth-order valence-electron chi connectivity index (χ4n) is 4.29. The van der Waals surface area contributed by atoms with Crippen molar-refractivity contribution in [1.82, 2.24) is 0 Å². The van der Waals surface area contributed by atoms with Crippen molar-refractivity contribution in [3.8, 4) is 0 Å². The van der Waals surface area contributed by atoms with Crippen molar-refractivity contribution in [2.45, 2.75) is 45.8 Å². The molecule has 176 valence electrons. The molecule has 3 aromatic rings. The summed E-state index contributed by atoms with van der Waals surface area (Å²) in [4.78, 5) is 13.1. The summed E-state index contributed by atoms with van der Waals surface area (Å²) in [5, 5.41) is 3.16. The molecule has 3 aromatic carbocycles. The van der Waals surface area contributed by atoms with E-state index in [1.807, 2.05) is 55.5 Å². The van der Waals surface area contributed by atoms with Crippen LogP contribution >= 0.6 is 6.89 Å². The average molecular weight is 474 g/mol. The van der Waals surface area contributed by atoms with E-state index in [9.17, 15) is 4.79 Å². The van der Waals surface area contributed by atoms with Gasteiger partial charge in [-0.25, -0.2) is 4.79 Å². The van der Waals surface area contributed by atoms with Crippen LogP contribution in [0.4, 0.5) is 0 Å². The Morgan fingerprint density at radius 3 is 1.79 bits per heavy atom. The van der Waals surface area contributed by atoms with Crippen LogP contribution in [0.25, 0.3) is 0 Å². The van der Waals surface area contributed by atoms with Gasteiger partial charge in [0, 0.05) is 5.80 Å². The van der Waals surface area contributed by atoms with Gasteiger partial charge in [-0.3, -0.25) is 0 Å². The van der Waals surface area contributed by atoms with Crippen LogP contribution in [0.3, 0.4) is 0 Å². The maximum Gasteiger partial charge on any atom is 0.495 e. The summed E-state index contributed by atoms with van der Waals surface area (Å²) in [7, 11) is -0.552. The number of hydrogen-bond donors (Lipinski definition) is 0. The molecule has 0 spiro atoms. The van der Waals surface area contributed by atoms with Gasteiger partial charge >= 0.3 is 13.1 Å². The summed E-state index contributed by atoms with van der Waals surface area (Å²) in [5.74, 6) is 1.47. The monoisotopic (exact) mass is 474 g/mol. The van der Waals surface area contributed by atoms with Gasteiger partial charge in [0.1, 0.15) is 0 Å². The molecule has 4 nitrogen and oxygen atoms in total. The molecule has 0 amide bonds. The molecule has 1 saturated heterocycles. The maximum absolute atomic E-state index is 13.1. The van der Waals surface area contributed by atoms with Gasteiger partial charge in [-0.2, -0.15) is 0 Å². The summed E-state index contributed by atoms with van der Waals surface area (Å²) < 4.78 is 18.4. The molecule has 1 fully saturated rings. The molecule has 0 aromatic heterocycles. The third-order valence-electron chi connectivity index (χ3n) is 6.74. The Bertz CT molecular complexity index is 1150. The van der Waals surface area contributed by atoms with Crippen LogP contribution < -0.4 is 21.4 Å². The Morgan fingerprint density at radius 1 is 0.824 bits per heavy atom. The molecule has 0 bridgehead atoms. The Morgan fingerprint density at radius 2 is 1.29 bits per heavy atom. The highest BCUT2D eigenvalue weighted by molar-refractivity contribution is 7.95. The molecule has 34 heavy (non-hydrogen) atoms. The number of hydrogen-bond acceptors (Lipinski definition) is 4. The predicted molar refractivity (Wildman–Crippen MR) is 144 cm³/mol. The van der Waals surface area contributed by atoms with Crippen molar-refractivity contribution in [2.24, 2.45) is 0 Å². The first kappa shape index (κ1) is 24.5. The van der Waals surface area contributed by atoms with Gasteiger partial charge in [-0.15, -0.1) is 0 Å². The third-order valence-corrected chi connectivity index (χ3v) is 10.7. The minimum Gasteiger partial charge on any atom is -0.463 e. The average Bonchev–Trinajstić information content (AvgIpc) is 3.05. The molecular formula is C28H32BO4P. The standard InChI is InChI=1S/C28H32BO4P/c1-6-31-26(30)21-34(22-15-9-7-10-16-22,23-17-11-8-12-18-23)25-20-14-13-19-24(25)29-32-27(2,3)28(4,5)33-29/h7-21H,6H2,1-5H3. The maximum atomic E-state index is 13.1. The Kier molecular flexibility index (Phi) is 6.91. The van der Waals surface area contributed by atoms with Crippen LogP contribution in [0, 0.1) is 0 Å². The molecule has 0 radical (unpaired) electrons. The highest BCUT2D eigenvalue weighted by Crippen LogP contribution is 2.44. The zero-order valence-electron chi connectivity index (χ0n) is 20.5. The zero-order chi connectivity index (χ0) is 24.4. The molecule has 0 saturated carbocycles. The van der Waals surface area contributed by atoms with Crippen molar-refractivity contribution in [2.75, 3.05) is 6.61 Å². The van der Waals surface area contributed by atoms with Crippen LogP contribution in [0.2, 0.25) is 0 Å². The van der Waals surface area contributed by atoms with E-state index in [0.717, 1.165) is 21.4 Å². The van der Waals surface area contributed by atoms with Crippen LogP contribution in [-0.4, -0.2) is 36.7 Å². The van der Waals surface area contributed by atoms with E-state index in [-0.39, 0.29) is 5.97 Å². The Labute approximate surface area is 203 Å². The molecule has 1 aliphatic heterocycles. The normalized spacial score (nSPS) is 16.8. The van der Waals surface area contributed by atoms with Crippen LogP contribution in [0.1, 0.15) is 34.6 Å². The van der Waals surface area contributed by atoms with Crippen molar-refractivity contribution in [3.05, 3.63) is 84.9 Å². The second-order valence-electron chi connectivity index (χ2n) is 9.42. The van der Waals surface area contributed by atoms with Gasteiger partial charge in [0.2, 0.25) is 0 Å². The molecule has 0 unspecified atom stereocenters. The Balaban J connectivity index is 2.05. The Hall–Kier alpha value is -2.59. The highest BCUT2D eigenvalue weighted by atomic mass is 31.2. The second kappa shape index (κ2) is 9.58. The lowest BCUT2D eigenvalue weighted by atomic mass is 9.79. The molecule has 0 atom stereocenters.